The predicted molar refractivity (Wildman–Crippen MR) is 115 cm³/mol. The summed E-state index contributed by atoms with van der Waals surface area (Å²) >= 11 is 6.20. The highest BCUT2D eigenvalue weighted by Gasteiger charge is 2.44. The summed E-state index contributed by atoms with van der Waals surface area (Å²) in [7, 11) is 0. The van der Waals surface area contributed by atoms with Crippen LogP contribution in [0, 0.1) is 17.7 Å². The number of nitrogens with one attached hydrogen (secondary N) is 1. The molecule has 1 aromatic carbocycles. The minimum Gasteiger partial charge on any atom is -0.395 e. The smallest absolute Gasteiger partial charge is 0.148 e. The van der Waals surface area contributed by atoms with E-state index in [2.05, 4.69) is 41.4 Å². The molecule has 5 atom stereocenters. The van der Waals surface area contributed by atoms with Gasteiger partial charge in [0.2, 0.25) is 0 Å². The number of hydrogen-bond acceptors (Lipinski definition) is 4. The Morgan fingerprint density at radius 3 is 2.90 bits per heavy atom. The van der Waals surface area contributed by atoms with Gasteiger partial charge in [0.1, 0.15) is 5.82 Å². The molecule has 2 N–H and O–H groups in total. The van der Waals surface area contributed by atoms with Crippen molar-refractivity contribution in [3.8, 4) is 0 Å². The van der Waals surface area contributed by atoms with E-state index in [1.165, 1.54) is 6.07 Å². The number of benzene rings is 1. The van der Waals surface area contributed by atoms with E-state index in [1.807, 2.05) is 6.07 Å². The predicted octanol–water partition coefficient (Wildman–Crippen LogP) is 4.56. The molecular formula is C23H30ClFN2O2. The Bertz CT molecular complexity index is 784. The van der Waals surface area contributed by atoms with Gasteiger partial charge in [0.15, 0.2) is 0 Å². The van der Waals surface area contributed by atoms with Crippen molar-refractivity contribution in [2.45, 2.75) is 44.4 Å². The van der Waals surface area contributed by atoms with Gasteiger partial charge in [-0.1, -0.05) is 42.8 Å². The number of nitrogens with zero attached hydrogens (tertiary/aromatic N) is 1. The normalized spacial score (nSPS) is 30.7. The highest BCUT2D eigenvalue weighted by molar-refractivity contribution is 6.30. The first-order valence-corrected chi connectivity index (χ1v) is 11.1. The van der Waals surface area contributed by atoms with Gasteiger partial charge in [0.05, 0.1) is 24.5 Å². The van der Waals surface area contributed by atoms with Crippen molar-refractivity contribution >= 4 is 17.3 Å². The number of likely N-dealkylation sites (N-methyl/N-ethyl adjacent to an activating group) is 1. The first kappa shape index (κ1) is 20.9. The van der Waals surface area contributed by atoms with Gasteiger partial charge < -0.3 is 15.2 Å². The number of fused-ring (bicyclic) bond motifs is 3. The van der Waals surface area contributed by atoms with Crippen LogP contribution in [-0.2, 0) is 4.74 Å². The summed E-state index contributed by atoms with van der Waals surface area (Å²) in [5, 5.41) is 13.2. The van der Waals surface area contributed by atoms with Crippen LogP contribution in [0.5, 0.6) is 0 Å². The molecule has 158 valence electrons. The van der Waals surface area contributed by atoms with Gasteiger partial charge in [-0.2, -0.15) is 0 Å². The van der Waals surface area contributed by atoms with Crippen LogP contribution in [0.4, 0.5) is 10.1 Å². The molecule has 2 aliphatic heterocycles. The lowest BCUT2D eigenvalue weighted by Gasteiger charge is -2.48. The maximum Gasteiger partial charge on any atom is 0.148 e. The van der Waals surface area contributed by atoms with Crippen molar-refractivity contribution in [1.82, 2.24) is 4.90 Å². The van der Waals surface area contributed by atoms with Crippen LogP contribution < -0.4 is 5.32 Å². The molecule has 4 nitrogen and oxygen atoms in total. The number of aliphatic hydroxyl groups is 1. The molecule has 0 aromatic heterocycles. The Labute approximate surface area is 177 Å². The molecule has 1 saturated heterocycles. The molecule has 0 spiro atoms. The second kappa shape index (κ2) is 9.17. The topological polar surface area (TPSA) is 44.7 Å². The van der Waals surface area contributed by atoms with E-state index >= 15 is 0 Å². The number of ether oxygens (including phenoxy) is 1. The molecule has 1 fully saturated rings. The third-order valence-corrected chi connectivity index (χ3v) is 6.73. The van der Waals surface area contributed by atoms with E-state index in [9.17, 15) is 9.50 Å². The zero-order valence-electron chi connectivity index (χ0n) is 16.9. The maximum absolute atomic E-state index is 14.8. The molecule has 0 saturated carbocycles. The lowest BCUT2D eigenvalue weighted by atomic mass is 9.73. The van der Waals surface area contributed by atoms with E-state index in [0.717, 1.165) is 37.9 Å². The molecular weight excluding hydrogens is 391 g/mol. The molecule has 6 heteroatoms. The van der Waals surface area contributed by atoms with E-state index in [1.54, 1.807) is 0 Å². The number of hydrogen-bond donors (Lipinski definition) is 2. The summed E-state index contributed by atoms with van der Waals surface area (Å²) in [6.45, 7) is 4.53. The molecule has 0 amide bonds. The highest BCUT2D eigenvalue weighted by atomic mass is 35.5. The van der Waals surface area contributed by atoms with E-state index in [4.69, 9.17) is 16.3 Å². The van der Waals surface area contributed by atoms with Gasteiger partial charge >= 0.3 is 0 Å². The second-order valence-corrected chi connectivity index (χ2v) is 8.71. The first-order chi connectivity index (χ1) is 14.1. The number of aliphatic hydroxyl groups excluding tert-OH is 1. The molecule has 2 heterocycles. The molecule has 3 aliphatic rings. The summed E-state index contributed by atoms with van der Waals surface area (Å²) in [4.78, 5) is 2.21. The second-order valence-electron chi connectivity index (χ2n) is 8.27. The van der Waals surface area contributed by atoms with Gasteiger partial charge in [-0.25, -0.2) is 4.39 Å². The Hall–Kier alpha value is -1.40. The minimum atomic E-state index is -0.313. The maximum atomic E-state index is 14.8. The van der Waals surface area contributed by atoms with Crippen LogP contribution >= 0.6 is 11.6 Å². The molecule has 1 aliphatic carbocycles. The fourth-order valence-corrected chi connectivity index (χ4v) is 5.27. The monoisotopic (exact) mass is 420 g/mol. The molecule has 0 radical (unpaired) electrons. The van der Waals surface area contributed by atoms with Gasteiger partial charge in [-0.15, -0.1) is 0 Å². The lowest BCUT2D eigenvalue weighted by molar-refractivity contribution is -0.105. The zero-order valence-corrected chi connectivity index (χ0v) is 17.6. The van der Waals surface area contributed by atoms with Crippen LogP contribution in [0.1, 0.15) is 37.9 Å². The average molecular weight is 421 g/mol. The van der Waals surface area contributed by atoms with Crippen LogP contribution in [0.15, 0.2) is 36.4 Å². The summed E-state index contributed by atoms with van der Waals surface area (Å²) in [5.41, 5.74) is 1.37. The standard InChI is InChI=1S/C23H30ClFN2O2/c1-2-27(10-11-28)14-17-8-9-18-21(15-6-4-3-5-7-15)26-22-19(23(18)29-17)12-16(24)13-20(22)25/h3-6,12-13,15,17-18,21,23,26,28H,2,7-11,14H2,1H3/t15?,17-,18+,21+,23+/m1/s1. The Balaban J connectivity index is 1.62. The number of anilines is 1. The Kier molecular flexibility index (Phi) is 6.60. The van der Waals surface area contributed by atoms with Crippen molar-refractivity contribution in [3.05, 3.63) is 52.8 Å². The summed E-state index contributed by atoms with van der Waals surface area (Å²) < 4.78 is 21.4. The molecule has 29 heavy (non-hydrogen) atoms. The van der Waals surface area contributed by atoms with Crippen molar-refractivity contribution in [2.75, 3.05) is 31.6 Å². The number of allylic oxidation sites excluding steroid dienone is 3. The summed E-state index contributed by atoms with van der Waals surface area (Å²) in [6.07, 6.45) is 11.4. The lowest BCUT2D eigenvalue weighted by Crippen LogP contribution is -2.49. The van der Waals surface area contributed by atoms with Gasteiger partial charge in [-0.3, -0.25) is 4.90 Å². The Morgan fingerprint density at radius 2 is 2.17 bits per heavy atom. The molecule has 0 bridgehead atoms. The quantitative estimate of drug-likeness (QED) is 0.708. The third-order valence-electron chi connectivity index (χ3n) is 6.51. The number of halogens is 2. The van der Waals surface area contributed by atoms with Crippen LogP contribution in [0.2, 0.25) is 5.02 Å². The summed E-state index contributed by atoms with van der Waals surface area (Å²) in [6, 6.07) is 3.36. The zero-order chi connectivity index (χ0) is 20.4. The molecule has 4 rings (SSSR count). The highest BCUT2D eigenvalue weighted by Crippen LogP contribution is 2.49. The summed E-state index contributed by atoms with van der Waals surface area (Å²) in [5.74, 6) is 0.274. The largest absolute Gasteiger partial charge is 0.395 e. The fraction of sp³-hybridized carbons (Fsp3) is 0.565. The van der Waals surface area contributed by atoms with Crippen molar-refractivity contribution in [2.24, 2.45) is 11.8 Å². The average Bonchev–Trinajstić information content (AvgIpc) is 2.73. The van der Waals surface area contributed by atoms with Gasteiger partial charge in [-0.05, 0) is 37.9 Å². The van der Waals surface area contributed by atoms with Crippen LogP contribution in [-0.4, -0.2) is 48.4 Å². The van der Waals surface area contributed by atoms with E-state index in [-0.39, 0.29) is 36.6 Å². The first-order valence-electron chi connectivity index (χ1n) is 10.7. The Morgan fingerprint density at radius 1 is 1.31 bits per heavy atom. The van der Waals surface area contributed by atoms with Crippen molar-refractivity contribution in [1.29, 1.82) is 0 Å². The number of rotatable bonds is 6. The SMILES string of the molecule is CCN(CCO)C[C@H]1CC[C@@H]2[C@H](O1)c1cc(Cl)cc(F)c1N[C@H]2C1C=CC=CC1. The third kappa shape index (κ3) is 4.38. The van der Waals surface area contributed by atoms with Crippen LogP contribution in [0.3, 0.4) is 0 Å². The van der Waals surface area contributed by atoms with Crippen molar-refractivity contribution in [3.63, 3.8) is 0 Å². The van der Waals surface area contributed by atoms with Gasteiger partial charge in [0.25, 0.3) is 0 Å². The van der Waals surface area contributed by atoms with E-state index < -0.39 is 0 Å². The fourth-order valence-electron chi connectivity index (χ4n) is 5.05. The minimum absolute atomic E-state index is 0.0678. The van der Waals surface area contributed by atoms with E-state index in [0.29, 0.717) is 23.2 Å². The molecule has 1 unspecified atom stereocenters. The van der Waals surface area contributed by atoms with Crippen LogP contribution in [0.25, 0.3) is 0 Å². The van der Waals surface area contributed by atoms with Gasteiger partial charge in [0, 0.05) is 41.6 Å². The van der Waals surface area contributed by atoms with Crippen molar-refractivity contribution < 1.29 is 14.2 Å². The molecule has 1 aromatic rings.